The molecule has 1 fully saturated rings. The first-order valence-corrected chi connectivity index (χ1v) is 10.3. The van der Waals surface area contributed by atoms with E-state index in [1.165, 1.54) is 4.57 Å². The molecule has 0 saturated carbocycles. The van der Waals surface area contributed by atoms with Gasteiger partial charge in [0.1, 0.15) is 5.56 Å². The second-order valence-corrected chi connectivity index (χ2v) is 8.03. The Balaban J connectivity index is 1.47. The summed E-state index contributed by atoms with van der Waals surface area (Å²) in [5.41, 5.74) is 3.91. The molecule has 8 nitrogen and oxygen atoms in total. The molecule has 0 spiro atoms. The lowest BCUT2D eigenvalue weighted by molar-refractivity contribution is 0.0733. The molecule has 30 heavy (non-hydrogen) atoms. The topological polar surface area (TPSA) is 91.3 Å². The number of carbonyl (C=O) groups is 2. The summed E-state index contributed by atoms with van der Waals surface area (Å²) in [6, 6.07) is 5.42. The summed E-state index contributed by atoms with van der Waals surface area (Å²) in [5.74, 6) is -0.243. The highest BCUT2D eigenvalue weighted by Gasteiger charge is 2.31. The molecule has 8 heteroatoms. The van der Waals surface area contributed by atoms with E-state index in [-0.39, 0.29) is 22.9 Å². The molecule has 1 aromatic carbocycles. The number of aromatic amines is 1. The summed E-state index contributed by atoms with van der Waals surface area (Å²) in [6.07, 6.45) is 5.82. The summed E-state index contributed by atoms with van der Waals surface area (Å²) in [7, 11) is 1.66. The van der Waals surface area contributed by atoms with Crippen molar-refractivity contribution in [1.29, 1.82) is 0 Å². The van der Waals surface area contributed by atoms with E-state index in [0.717, 1.165) is 35.0 Å². The minimum absolute atomic E-state index is 0.0709. The van der Waals surface area contributed by atoms with E-state index in [4.69, 9.17) is 0 Å². The van der Waals surface area contributed by atoms with Crippen LogP contribution in [0.5, 0.6) is 0 Å². The maximum atomic E-state index is 13.1. The van der Waals surface area contributed by atoms with Crippen LogP contribution < -0.4 is 5.56 Å². The second-order valence-electron chi connectivity index (χ2n) is 8.03. The van der Waals surface area contributed by atoms with Crippen molar-refractivity contribution in [3.63, 3.8) is 0 Å². The molecule has 0 radical (unpaired) electrons. The third-order valence-corrected chi connectivity index (χ3v) is 6.13. The van der Waals surface area contributed by atoms with Crippen LogP contribution in [0.1, 0.15) is 44.7 Å². The summed E-state index contributed by atoms with van der Waals surface area (Å²) in [5, 5.41) is 0. The van der Waals surface area contributed by atoms with E-state index < -0.39 is 0 Å². The Kier molecular flexibility index (Phi) is 4.42. The van der Waals surface area contributed by atoms with Gasteiger partial charge in [0.2, 0.25) is 0 Å². The number of aromatic nitrogens is 3. The van der Waals surface area contributed by atoms with Gasteiger partial charge in [-0.05, 0) is 48.6 Å². The van der Waals surface area contributed by atoms with Gasteiger partial charge in [0, 0.05) is 45.0 Å². The molecule has 0 unspecified atom stereocenters. The Bertz CT molecular complexity index is 1220. The number of nitrogens with one attached hydrogen (secondary N) is 1. The summed E-state index contributed by atoms with van der Waals surface area (Å²) < 4.78 is 1.47. The smallest absolute Gasteiger partial charge is 0.263 e. The molecule has 2 aliphatic rings. The first-order valence-electron chi connectivity index (χ1n) is 10.3. The van der Waals surface area contributed by atoms with E-state index in [1.54, 1.807) is 35.4 Å². The molecule has 0 atom stereocenters. The zero-order valence-corrected chi connectivity index (χ0v) is 16.9. The van der Waals surface area contributed by atoms with E-state index >= 15 is 0 Å². The molecule has 5 rings (SSSR count). The first kappa shape index (κ1) is 18.6. The number of rotatable bonds is 2. The van der Waals surface area contributed by atoms with Gasteiger partial charge < -0.3 is 19.4 Å². The van der Waals surface area contributed by atoms with Gasteiger partial charge in [-0.15, -0.1) is 0 Å². The Morgan fingerprint density at radius 1 is 1.07 bits per heavy atom. The van der Waals surface area contributed by atoms with Crippen LogP contribution in [-0.4, -0.2) is 55.8 Å². The standard InChI is InChI=1S/C22H23N5O3/c1-25-11-15-12-27(20(28)14-4-5-17-18(10-14)24-13-23-17)9-6-16(15)19(21(25)29)22(30)26-7-2-3-8-26/h4-5,10-11,13H,2-3,6-9,12H2,1H3,(H,23,24). The third-order valence-electron chi connectivity index (χ3n) is 6.13. The van der Waals surface area contributed by atoms with E-state index in [9.17, 15) is 14.4 Å². The third kappa shape index (κ3) is 2.99. The molecule has 0 aliphatic carbocycles. The van der Waals surface area contributed by atoms with Crippen LogP contribution in [-0.2, 0) is 20.0 Å². The van der Waals surface area contributed by atoms with E-state index in [0.29, 0.717) is 38.2 Å². The summed E-state index contributed by atoms with van der Waals surface area (Å²) in [6.45, 7) is 2.25. The van der Waals surface area contributed by atoms with Gasteiger partial charge in [0.05, 0.1) is 17.4 Å². The monoisotopic (exact) mass is 405 g/mol. The number of likely N-dealkylation sites (tertiary alicyclic amines) is 1. The van der Waals surface area contributed by atoms with Crippen LogP contribution in [0.2, 0.25) is 0 Å². The summed E-state index contributed by atoms with van der Waals surface area (Å²) in [4.78, 5) is 49.7. The normalized spacial score (nSPS) is 16.2. The number of carbonyl (C=O) groups excluding carboxylic acids is 2. The van der Waals surface area contributed by atoms with Crippen molar-refractivity contribution in [2.24, 2.45) is 7.05 Å². The van der Waals surface area contributed by atoms with Crippen molar-refractivity contribution in [2.45, 2.75) is 25.8 Å². The van der Waals surface area contributed by atoms with Crippen LogP contribution in [0.25, 0.3) is 11.0 Å². The van der Waals surface area contributed by atoms with Gasteiger partial charge >= 0.3 is 0 Å². The van der Waals surface area contributed by atoms with Gasteiger partial charge in [-0.25, -0.2) is 4.98 Å². The number of benzene rings is 1. The van der Waals surface area contributed by atoms with E-state index in [1.807, 2.05) is 12.1 Å². The van der Waals surface area contributed by atoms with Crippen molar-refractivity contribution >= 4 is 22.8 Å². The largest absolute Gasteiger partial charge is 0.345 e. The maximum Gasteiger partial charge on any atom is 0.263 e. The van der Waals surface area contributed by atoms with Crippen LogP contribution in [0, 0.1) is 0 Å². The predicted molar refractivity (Wildman–Crippen MR) is 111 cm³/mol. The fourth-order valence-electron chi connectivity index (χ4n) is 4.51. The Labute approximate surface area is 173 Å². The number of fused-ring (bicyclic) bond motifs is 2. The van der Waals surface area contributed by atoms with Gasteiger partial charge in [-0.2, -0.15) is 0 Å². The highest BCUT2D eigenvalue weighted by atomic mass is 16.2. The molecular formula is C22H23N5O3. The number of imidazole rings is 1. The number of pyridine rings is 1. The zero-order chi connectivity index (χ0) is 20.8. The number of nitrogens with zero attached hydrogens (tertiary/aromatic N) is 4. The molecule has 4 heterocycles. The number of H-pyrrole nitrogens is 1. The fourth-order valence-corrected chi connectivity index (χ4v) is 4.51. The number of hydrogen-bond acceptors (Lipinski definition) is 4. The Morgan fingerprint density at radius 3 is 2.67 bits per heavy atom. The van der Waals surface area contributed by atoms with Crippen LogP contribution in [0.15, 0.2) is 35.5 Å². The summed E-state index contributed by atoms with van der Waals surface area (Å²) >= 11 is 0. The number of aryl methyl sites for hydroxylation is 1. The molecule has 1 saturated heterocycles. The van der Waals surface area contributed by atoms with Crippen LogP contribution in [0.4, 0.5) is 0 Å². The van der Waals surface area contributed by atoms with Gasteiger partial charge in [-0.3, -0.25) is 14.4 Å². The molecule has 2 aliphatic heterocycles. The van der Waals surface area contributed by atoms with Crippen LogP contribution >= 0.6 is 0 Å². The first-order chi connectivity index (χ1) is 14.5. The lowest BCUT2D eigenvalue weighted by atomic mass is 9.95. The van der Waals surface area contributed by atoms with Gasteiger partial charge in [0.15, 0.2) is 0 Å². The van der Waals surface area contributed by atoms with E-state index in [2.05, 4.69) is 9.97 Å². The number of amides is 2. The Hall–Kier alpha value is -3.42. The SMILES string of the molecule is Cn1cc2c(c(C(=O)N3CCCC3)c1=O)CCN(C(=O)c1ccc3nc[nH]c3c1)C2. The van der Waals surface area contributed by atoms with Crippen LogP contribution in [0.3, 0.4) is 0 Å². The molecule has 154 valence electrons. The van der Waals surface area contributed by atoms with Crippen molar-refractivity contribution in [3.05, 3.63) is 63.3 Å². The predicted octanol–water partition coefficient (Wildman–Crippen LogP) is 1.70. The molecular weight excluding hydrogens is 382 g/mol. The highest BCUT2D eigenvalue weighted by molar-refractivity contribution is 5.98. The lowest BCUT2D eigenvalue weighted by Crippen LogP contribution is -2.41. The Morgan fingerprint density at radius 2 is 1.87 bits per heavy atom. The molecule has 1 N–H and O–H groups in total. The lowest BCUT2D eigenvalue weighted by Gasteiger charge is -2.31. The molecule has 0 bridgehead atoms. The van der Waals surface area contributed by atoms with Crippen molar-refractivity contribution in [2.75, 3.05) is 19.6 Å². The quantitative estimate of drug-likeness (QED) is 0.703. The maximum absolute atomic E-state index is 13.1. The minimum atomic E-state index is -0.255. The molecule has 2 amide bonds. The minimum Gasteiger partial charge on any atom is -0.345 e. The average molecular weight is 405 g/mol. The van der Waals surface area contributed by atoms with Crippen molar-refractivity contribution in [3.8, 4) is 0 Å². The molecule has 2 aromatic heterocycles. The number of hydrogen-bond donors (Lipinski definition) is 1. The van der Waals surface area contributed by atoms with Crippen molar-refractivity contribution < 1.29 is 9.59 Å². The van der Waals surface area contributed by atoms with Gasteiger partial charge in [-0.1, -0.05) is 0 Å². The second kappa shape index (κ2) is 7.12. The average Bonchev–Trinajstić information content (AvgIpc) is 3.45. The zero-order valence-electron chi connectivity index (χ0n) is 16.9. The highest BCUT2D eigenvalue weighted by Crippen LogP contribution is 2.24. The van der Waals surface area contributed by atoms with Crippen molar-refractivity contribution in [1.82, 2.24) is 24.3 Å². The molecule has 3 aromatic rings. The fraction of sp³-hybridized carbons (Fsp3) is 0.364. The van der Waals surface area contributed by atoms with Gasteiger partial charge in [0.25, 0.3) is 17.4 Å².